The zero-order valence-electron chi connectivity index (χ0n) is 17.4. The number of aromatic nitrogens is 1. The second kappa shape index (κ2) is 9.21. The SMILES string of the molecule is Cc1ccccc1C(=O)NC(NC(=S)N1C[C@@H]2C[C@@H](C1)c1cccc(=O)n1C2)C(Cl)(Cl)Cl. The Labute approximate surface area is 206 Å². The van der Waals surface area contributed by atoms with Gasteiger partial charge in [-0.2, -0.15) is 0 Å². The van der Waals surface area contributed by atoms with Gasteiger partial charge in [-0.1, -0.05) is 59.1 Å². The quantitative estimate of drug-likeness (QED) is 0.373. The van der Waals surface area contributed by atoms with Crippen LogP contribution in [0.1, 0.15) is 34.0 Å². The molecule has 1 amide bonds. The normalized spacial score (nSPS) is 20.8. The number of hydrogen-bond acceptors (Lipinski definition) is 3. The van der Waals surface area contributed by atoms with Crippen molar-refractivity contribution in [1.82, 2.24) is 20.1 Å². The number of carbonyl (C=O) groups excluding carboxylic acids is 1. The summed E-state index contributed by atoms with van der Waals surface area (Å²) < 4.78 is 0.0349. The van der Waals surface area contributed by atoms with Gasteiger partial charge < -0.3 is 20.1 Å². The van der Waals surface area contributed by atoms with Crippen LogP contribution in [0, 0.1) is 12.8 Å². The summed E-state index contributed by atoms with van der Waals surface area (Å²) in [5.41, 5.74) is 2.36. The van der Waals surface area contributed by atoms with Crippen molar-refractivity contribution in [3.05, 3.63) is 69.6 Å². The number of benzene rings is 1. The van der Waals surface area contributed by atoms with E-state index in [0.717, 1.165) is 17.7 Å². The van der Waals surface area contributed by atoms with Crippen LogP contribution in [-0.2, 0) is 6.54 Å². The van der Waals surface area contributed by atoms with E-state index in [2.05, 4.69) is 10.6 Å². The number of pyridine rings is 1. The van der Waals surface area contributed by atoms with Crippen molar-refractivity contribution in [2.24, 2.45) is 5.92 Å². The van der Waals surface area contributed by atoms with E-state index in [1.807, 2.05) is 34.6 Å². The Hall–Kier alpha value is -1.80. The lowest BCUT2D eigenvalue weighted by Crippen LogP contribution is -2.60. The number of nitrogens with zero attached hydrogens (tertiary/aromatic N) is 2. The Kier molecular flexibility index (Phi) is 6.73. The van der Waals surface area contributed by atoms with Crippen LogP contribution in [0.5, 0.6) is 0 Å². The molecule has 2 aliphatic heterocycles. The van der Waals surface area contributed by atoms with E-state index in [4.69, 9.17) is 47.0 Å². The number of amides is 1. The number of nitrogens with one attached hydrogen (secondary N) is 2. The molecule has 6 nitrogen and oxygen atoms in total. The van der Waals surface area contributed by atoms with Crippen LogP contribution < -0.4 is 16.2 Å². The first-order valence-corrected chi connectivity index (χ1v) is 11.9. The highest BCUT2D eigenvalue weighted by atomic mass is 35.6. The summed E-state index contributed by atoms with van der Waals surface area (Å²) in [6, 6.07) is 12.6. The minimum absolute atomic E-state index is 0.0292. The fourth-order valence-corrected chi connectivity index (χ4v) is 5.11. The fourth-order valence-electron chi connectivity index (χ4n) is 4.51. The van der Waals surface area contributed by atoms with E-state index >= 15 is 0 Å². The van der Waals surface area contributed by atoms with Gasteiger partial charge in [-0.05, 0) is 49.2 Å². The molecule has 0 spiro atoms. The number of rotatable bonds is 3. The highest BCUT2D eigenvalue weighted by Crippen LogP contribution is 2.35. The molecular formula is C22H23Cl3N4O2S. The summed E-state index contributed by atoms with van der Waals surface area (Å²) in [5, 5.41) is 6.18. The third-order valence-corrected chi connectivity index (χ3v) is 7.06. The van der Waals surface area contributed by atoms with Gasteiger partial charge in [0, 0.05) is 42.9 Å². The smallest absolute Gasteiger partial charge is 0.253 e. The lowest BCUT2D eigenvalue weighted by Gasteiger charge is -2.44. The molecule has 3 atom stereocenters. The number of piperidine rings is 1. The molecule has 1 fully saturated rings. The minimum Gasteiger partial charge on any atom is -0.348 e. The zero-order chi connectivity index (χ0) is 23.0. The van der Waals surface area contributed by atoms with Gasteiger partial charge in [0.05, 0.1) is 0 Å². The lowest BCUT2D eigenvalue weighted by atomic mass is 9.83. The first-order valence-electron chi connectivity index (χ1n) is 10.3. The fraction of sp³-hybridized carbons (Fsp3) is 0.409. The molecule has 170 valence electrons. The summed E-state index contributed by atoms with van der Waals surface area (Å²) in [6.45, 7) is 3.82. The topological polar surface area (TPSA) is 66.4 Å². The molecule has 1 aromatic heterocycles. The van der Waals surface area contributed by atoms with Gasteiger partial charge in [-0.3, -0.25) is 9.59 Å². The van der Waals surface area contributed by atoms with Crippen LogP contribution in [0.3, 0.4) is 0 Å². The predicted octanol–water partition coefficient (Wildman–Crippen LogP) is 3.58. The number of hydrogen-bond donors (Lipinski definition) is 2. The van der Waals surface area contributed by atoms with Crippen molar-refractivity contribution in [3.63, 3.8) is 0 Å². The first-order chi connectivity index (χ1) is 15.1. The van der Waals surface area contributed by atoms with Gasteiger partial charge in [0.2, 0.25) is 3.79 Å². The van der Waals surface area contributed by atoms with Crippen molar-refractivity contribution in [2.45, 2.75) is 35.8 Å². The Morgan fingerprint density at radius 3 is 2.56 bits per heavy atom. The van der Waals surface area contributed by atoms with E-state index in [1.54, 1.807) is 24.3 Å². The van der Waals surface area contributed by atoms with E-state index in [0.29, 0.717) is 30.3 Å². The highest BCUT2D eigenvalue weighted by Gasteiger charge is 2.39. The molecule has 32 heavy (non-hydrogen) atoms. The standard InChI is InChI=1S/C22H23Cl3N4O2S/c1-13-5-2-3-6-16(13)19(31)26-20(22(23,24)25)27-21(32)28-10-14-9-15(12-28)17-7-4-8-18(30)29(17)11-14/h2-8,14-15,20H,9-12H2,1H3,(H,26,31)(H,27,32)/t14-,15-,20?/m0/s1. The average Bonchev–Trinajstić information content (AvgIpc) is 2.73. The Balaban J connectivity index is 1.48. The first kappa shape index (κ1) is 23.4. The van der Waals surface area contributed by atoms with Crippen LogP contribution >= 0.6 is 47.0 Å². The number of carbonyl (C=O) groups is 1. The molecule has 2 aromatic rings. The number of alkyl halides is 3. The van der Waals surface area contributed by atoms with Crippen molar-refractivity contribution < 1.29 is 4.79 Å². The molecule has 1 aromatic carbocycles. The number of likely N-dealkylation sites (tertiary alicyclic amines) is 1. The Morgan fingerprint density at radius 1 is 1.09 bits per heavy atom. The summed E-state index contributed by atoms with van der Waals surface area (Å²) in [7, 11) is 0. The van der Waals surface area contributed by atoms with Crippen LogP contribution in [0.4, 0.5) is 0 Å². The van der Waals surface area contributed by atoms with Gasteiger partial charge in [-0.15, -0.1) is 0 Å². The van der Waals surface area contributed by atoms with Gasteiger partial charge in [0.1, 0.15) is 6.17 Å². The summed E-state index contributed by atoms with van der Waals surface area (Å²) >= 11 is 24.1. The molecule has 4 rings (SSSR count). The Morgan fingerprint density at radius 2 is 1.84 bits per heavy atom. The molecule has 0 radical (unpaired) electrons. The third kappa shape index (κ3) is 4.91. The molecule has 1 saturated heterocycles. The van der Waals surface area contributed by atoms with E-state index in [-0.39, 0.29) is 23.3 Å². The second-order valence-electron chi connectivity index (χ2n) is 8.32. The van der Waals surface area contributed by atoms with Crippen molar-refractivity contribution >= 4 is 58.0 Å². The Bertz CT molecular complexity index is 1100. The molecular weight excluding hydrogens is 491 g/mol. The average molecular weight is 514 g/mol. The van der Waals surface area contributed by atoms with E-state index in [9.17, 15) is 9.59 Å². The molecule has 2 N–H and O–H groups in total. The lowest BCUT2D eigenvalue weighted by molar-refractivity contribution is 0.0932. The summed E-state index contributed by atoms with van der Waals surface area (Å²) in [6.07, 6.45) is -0.0238. The number of fused-ring (bicyclic) bond motifs is 4. The summed E-state index contributed by atoms with van der Waals surface area (Å²) in [4.78, 5) is 27.1. The van der Waals surface area contributed by atoms with Gasteiger partial charge in [0.15, 0.2) is 5.11 Å². The molecule has 2 bridgehead atoms. The predicted molar refractivity (Wildman–Crippen MR) is 132 cm³/mol. The van der Waals surface area contributed by atoms with Crippen LogP contribution in [0.25, 0.3) is 0 Å². The number of halogens is 3. The van der Waals surface area contributed by atoms with Gasteiger partial charge >= 0.3 is 0 Å². The largest absolute Gasteiger partial charge is 0.348 e. The van der Waals surface area contributed by atoms with E-state index < -0.39 is 9.96 Å². The molecule has 1 unspecified atom stereocenters. The van der Waals surface area contributed by atoms with Crippen molar-refractivity contribution in [1.29, 1.82) is 0 Å². The van der Waals surface area contributed by atoms with Crippen LogP contribution in [-0.4, -0.2) is 43.5 Å². The monoisotopic (exact) mass is 512 g/mol. The third-order valence-electron chi connectivity index (χ3n) is 6.03. The number of aryl methyl sites for hydroxylation is 1. The molecule has 0 aliphatic carbocycles. The maximum absolute atomic E-state index is 12.8. The maximum atomic E-state index is 12.8. The zero-order valence-corrected chi connectivity index (χ0v) is 20.4. The minimum atomic E-state index is -1.83. The van der Waals surface area contributed by atoms with Crippen molar-refractivity contribution in [3.8, 4) is 0 Å². The second-order valence-corrected chi connectivity index (χ2v) is 11.1. The number of thiocarbonyl (C=S) groups is 1. The molecule has 2 aliphatic rings. The van der Waals surface area contributed by atoms with Crippen LogP contribution in [0.15, 0.2) is 47.3 Å². The highest BCUT2D eigenvalue weighted by molar-refractivity contribution is 7.80. The van der Waals surface area contributed by atoms with Crippen LogP contribution in [0.2, 0.25) is 0 Å². The summed E-state index contributed by atoms with van der Waals surface area (Å²) in [5.74, 6) is 0.108. The van der Waals surface area contributed by atoms with Gasteiger partial charge in [0.25, 0.3) is 11.5 Å². The molecule has 3 heterocycles. The maximum Gasteiger partial charge on any atom is 0.253 e. The van der Waals surface area contributed by atoms with E-state index in [1.165, 1.54) is 0 Å². The molecule has 10 heteroatoms. The molecule has 0 saturated carbocycles. The van der Waals surface area contributed by atoms with Crippen molar-refractivity contribution in [2.75, 3.05) is 13.1 Å². The van der Waals surface area contributed by atoms with Gasteiger partial charge in [-0.25, -0.2) is 0 Å².